The maximum absolute atomic E-state index is 12.7. The predicted octanol–water partition coefficient (Wildman–Crippen LogP) is 2.32. The Labute approximate surface area is 177 Å². The molecule has 0 radical (unpaired) electrons. The van der Waals surface area contributed by atoms with Crippen LogP contribution < -0.4 is 20.5 Å². The fourth-order valence-electron chi connectivity index (χ4n) is 3.01. The van der Waals surface area contributed by atoms with E-state index < -0.39 is 5.69 Å². The standard InChI is InChI=1S/C22H21N5O4/c1-15-5-3-4-6-18(15)31-21-20-25-27(22(29)26(20)12-11-23-21)14-19(28)24-13-16-7-9-17(30-2)10-8-16/h3-12H,13-14H2,1-2H3,(H,24,28). The van der Waals surface area contributed by atoms with Gasteiger partial charge in [0.25, 0.3) is 5.88 Å². The van der Waals surface area contributed by atoms with Gasteiger partial charge in [-0.3, -0.25) is 4.79 Å². The Kier molecular flexibility index (Phi) is 5.65. The highest BCUT2D eigenvalue weighted by atomic mass is 16.5. The molecular formula is C22H21N5O4. The number of aromatic nitrogens is 4. The molecule has 2 heterocycles. The van der Waals surface area contributed by atoms with Gasteiger partial charge >= 0.3 is 5.69 Å². The van der Waals surface area contributed by atoms with Crippen LogP contribution in [0.4, 0.5) is 0 Å². The minimum atomic E-state index is -0.452. The van der Waals surface area contributed by atoms with Crippen molar-refractivity contribution in [2.75, 3.05) is 7.11 Å². The first kappa shape index (κ1) is 20.1. The average molecular weight is 419 g/mol. The maximum atomic E-state index is 12.7. The molecule has 0 bridgehead atoms. The summed E-state index contributed by atoms with van der Waals surface area (Å²) in [7, 11) is 1.59. The van der Waals surface area contributed by atoms with Crippen molar-refractivity contribution in [3.05, 3.63) is 82.5 Å². The summed E-state index contributed by atoms with van der Waals surface area (Å²) in [6.07, 6.45) is 2.94. The summed E-state index contributed by atoms with van der Waals surface area (Å²) in [4.78, 5) is 29.2. The number of hydrogen-bond donors (Lipinski definition) is 1. The van der Waals surface area contributed by atoms with Gasteiger partial charge in [-0.25, -0.2) is 18.9 Å². The smallest absolute Gasteiger partial charge is 0.351 e. The first-order valence-corrected chi connectivity index (χ1v) is 9.62. The number of amides is 1. The second kappa shape index (κ2) is 8.70. The summed E-state index contributed by atoms with van der Waals surface area (Å²) in [5, 5.41) is 7.04. The third-order valence-corrected chi connectivity index (χ3v) is 4.71. The van der Waals surface area contributed by atoms with Crippen LogP contribution in [-0.2, 0) is 17.9 Å². The monoisotopic (exact) mass is 419 g/mol. The molecule has 4 aromatic rings. The van der Waals surface area contributed by atoms with Crippen LogP contribution in [0.3, 0.4) is 0 Å². The van der Waals surface area contributed by atoms with Crippen LogP contribution in [-0.4, -0.2) is 32.2 Å². The third-order valence-electron chi connectivity index (χ3n) is 4.71. The Bertz CT molecular complexity index is 1280. The highest BCUT2D eigenvalue weighted by Gasteiger charge is 2.16. The van der Waals surface area contributed by atoms with Gasteiger partial charge in [-0.2, -0.15) is 0 Å². The molecule has 1 amide bonds. The number of carbonyl (C=O) groups excluding carboxylic acids is 1. The molecule has 2 aromatic heterocycles. The number of hydrogen-bond acceptors (Lipinski definition) is 6. The van der Waals surface area contributed by atoms with Crippen molar-refractivity contribution < 1.29 is 14.3 Å². The minimum Gasteiger partial charge on any atom is -0.497 e. The second-order valence-electron chi connectivity index (χ2n) is 6.86. The maximum Gasteiger partial charge on any atom is 0.351 e. The lowest BCUT2D eigenvalue weighted by Gasteiger charge is -2.07. The van der Waals surface area contributed by atoms with Crippen molar-refractivity contribution >= 4 is 11.6 Å². The molecule has 1 N–H and O–H groups in total. The van der Waals surface area contributed by atoms with Crippen LogP contribution >= 0.6 is 0 Å². The Morgan fingerprint density at radius 3 is 2.65 bits per heavy atom. The van der Waals surface area contributed by atoms with Gasteiger partial charge in [-0.05, 0) is 36.2 Å². The number of rotatable bonds is 7. The van der Waals surface area contributed by atoms with E-state index in [1.54, 1.807) is 7.11 Å². The van der Waals surface area contributed by atoms with Gasteiger partial charge in [0.2, 0.25) is 11.6 Å². The predicted molar refractivity (Wildman–Crippen MR) is 113 cm³/mol. The van der Waals surface area contributed by atoms with Gasteiger partial charge in [-0.15, -0.1) is 5.10 Å². The number of methoxy groups -OCH3 is 1. The molecule has 0 unspecified atom stereocenters. The highest BCUT2D eigenvalue weighted by Crippen LogP contribution is 2.24. The molecule has 158 valence electrons. The minimum absolute atomic E-state index is 0.186. The Morgan fingerprint density at radius 1 is 1.13 bits per heavy atom. The molecule has 0 aliphatic heterocycles. The zero-order valence-corrected chi connectivity index (χ0v) is 17.1. The molecule has 0 aliphatic rings. The molecule has 2 aromatic carbocycles. The number of fused-ring (bicyclic) bond motifs is 1. The highest BCUT2D eigenvalue weighted by molar-refractivity contribution is 5.75. The zero-order valence-electron chi connectivity index (χ0n) is 17.1. The quantitative estimate of drug-likeness (QED) is 0.494. The van der Waals surface area contributed by atoms with Crippen molar-refractivity contribution in [3.8, 4) is 17.4 Å². The van der Waals surface area contributed by atoms with Crippen molar-refractivity contribution in [3.63, 3.8) is 0 Å². The molecule has 0 fully saturated rings. The second-order valence-corrected chi connectivity index (χ2v) is 6.86. The molecule has 0 saturated carbocycles. The molecule has 0 spiro atoms. The lowest BCUT2D eigenvalue weighted by molar-refractivity contribution is -0.122. The summed E-state index contributed by atoms with van der Waals surface area (Å²) < 4.78 is 13.4. The summed E-state index contributed by atoms with van der Waals surface area (Å²) in [6, 6.07) is 14.8. The van der Waals surface area contributed by atoms with Gasteiger partial charge in [0.15, 0.2) is 0 Å². The fourth-order valence-corrected chi connectivity index (χ4v) is 3.01. The van der Waals surface area contributed by atoms with E-state index in [9.17, 15) is 9.59 Å². The molecule has 9 nitrogen and oxygen atoms in total. The van der Waals surface area contributed by atoms with E-state index in [2.05, 4.69) is 15.4 Å². The van der Waals surface area contributed by atoms with E-state index in [0.717, 1.165) is 21.6 Å². The van der Waals surface area contributed by atoms with E-state index in [1.165, 1.54) is 16.8 Å². The van der Waals surface area contributed by atoms with Gasteiger partial charge in [0, 0.05) is 18.9 Å². The van der Waals surface area contributed by atoms with E-state index in [0.29, 0.717) is 12.3 Å². The Hall–Kier alpha value is -4.14. The number of para-hydroxylation sites is 1. The van der Waals surface area contributed by atoms with Gasteiger partial charge < -0.3 is 14.8 Å². The first-order valence-electron chi connectivity index (χ1n) is 9.62. The van der Waals surface area contributed by atoms with Gasteiger partial charge in [0.05, 0.1) is 7.11 Å². The molecule has 9 heteroatoms. The molecule has 0 aliphatic carbocycles. The molecule has 31 heavy (non-hydrogen) atoms. The average Bonchev–Trinajstić information content (AvgIpc) is 3.10. The summed E-state index contributed by atoms with van der Waals surface area (Å²) >= 11 is 0. The lowest BCUT2D eigenvalue weighted by atomic mass is 10.2. The molecular weight excluding hydrogens is 398 g/mol. The van der Waals surface area contributed by atoms with Crippen LogP contribution in [0, 0.1) is 6.92 Å². The van der Waals surface area contributed by atoms with E-state index in [1.807, 2.05) is 55.5 Å². The normalized spacial score (nSPS) is 10.8. The third kappa shape index (κ3) is 4.40. The fraction of sp³-hybridized carbons (Fsp3) is 0.182. The largest absolute Gasteiger partial charge is 0.497 e. The van der Waals surface area contributed by atoms with E-state index >= 15 is 0 Å². The summed E-state index contributed by atoms with van der Waals surface area (Å²) in [5.74, 6) is 1.20. The molecule has 0 saturated heterocycles. The Morgan fingerprint density at radius 2 is 1.90 bits per heavy atom. The van der Waals surface area contributed by atoms with Crippen LogP contribution in [0.15, 0.2) is 65.7 Å². The summed E-state index contributed by atoms with van der Waals surface area (Å²) in [5.41, 5.74) is 1.62. The topological polar surface area (TPSA) is 99.8 Å². The number of ether oxygens (including phenoxy) is 2. The van der Waals surface area contributed by atoms with Crippen molar-refractivity contribution in [1.82, 2.24) is 24.5 Å². The first-order chi connectivity index (χ1) is 15.0. The molecule has 4 rings (SSSR count). The molecule has 0 atom stereocenters. The van der Waals surface area contributed by atoms with E-state index in [4.69, 9.17) is 9.47 Å². The Balaban J connectivity index is 1.50. The summed E-state index contributed by atoms with van der Waals surface area (Å²) in [6.45, 7) is 2.02. The zero-order chi connectivity index (χ0) is 21.8. The number of benzene rings is 2. The van der Waals surface area contributed by atoms with Crippen molar-refractivity contribution in [2.24, 2.45) is 0 Å². The lowest BCUT2D eigenvalue weighted by Crippen LogP contribution is -2.32. The van der Waals surface area contributed by atoms with Gasteiger partial charge in [-0.1, -0.05) is 30.3 Å². The number of nitrogens with zero attached hydrogens (tertiary/aromatic N) is 4. The van der Waals surface area contributed by atoms with Crippen LogP contribution in [0.2, 0.25) is 0 Å². The van der Waals surface area contributed by atoms with Crippen LogP contribution in [0.5, 0.6) is 17.4 Å². The number of nitrogens with one attached hydrogen (secondary N) is 1. The van der Waals surface area contributed by atoms with Crippen molar-refractivity contribution in [1.29, 1.82) is 0 Å². The van der Waals surface area contributed by atoms with E-state index in [-0.39, 0.29) is 24.0 Å². The number of aryl methyl sites for hydroxylation is 1. The SMILES string of the molecule is COc1ccc(CNC(=O)Cn2nc3c(Oc4ccccc4C)nccn3c2=O)cc1. The van der Waals surface area contributed by atoms with Crippen LogP contribution in [0.1, 0.15) is 11.1 Å². The van der Waals surface area contributed by atoms with Gasteiger partial charge in [0.1, 0.15) is 18.0 Å². The van der Waals surface area contributed by atoms with Crippen LogP contribution in [0.25, 0.3) is 5.65 Å². The van der Waals surface area contributed by atoms with Crippen molar-refractivity contribution in [2.45, 2.75) is 20.0 Å². The number of carbonyl (C=O) groups is 1.